The Kier molecular flexibility index (Phi) is 5.39. The van der Waals surface area contributed by atoms with Gasteiger partial charge in [-0.1, -0.05) is 0 Å². The van der Waals surface area contributed by atoms with Crippen LogP contribution in [0.5, 0.6) is 0 Å². The summed E-state index contributed by atoms with van der Waals surface area (Å²) in [6.07, 6.45) is 3.36. The van der Waals surface area contributed by atoms with Crippen LogP contribution in [0.2, 0.25) is 0 Å². The number of anilines is 1. The SMILES string of the molecule is [H-].[Na+].[O-][N+](=NO)N1CCN(c2ncccn2)CC1. The van der Waals surface area contributed by atoms with Gasteiger partial charge in [-0.05, 0) is 6.07 Å². The maximum atomic E-state index is 11.0. The van der Waals surface area contributed by atoms with Crippen molar-refractivity contribution in [2.45, 2.75) is 0 Å². The van der Waals surface area contributed by atoms with Crippen molar-refractivity contribution in [1.29, 1.82) is 0 Å². The first kappa shape index (κ1) is 13.9. The topological polar surface area (TPSA) is 90.9 Å². The summed E-state index contributed by atoms with van der Waals surface area (Å²) < 4.78 is 0. The van der Waals surface area contributed by atoms with E-state index in [1.165, 1.54) is 5.01 Å². The maximum Gasteiger partial charge on any atom is 1.00 e. The molecule has 1 aromatic rings. The summed E-state index contributed by atoms with van der Waals surface area (Å²) in [4.78, 5) is 10.4. The van der Waals surface area contributed by atoms with E-state index < -0.39 is 0 Å². The molecule has 0 aromatic carbocycles. The third-order valence-electron chi connectivity index (χ3n) is 2.41. The normalized spacial score (nSPS) is 16.6. The smallest absolute Gasteiger partial charge is 1.00 e. The number of hydrazine groups is 1. The standard InChI is InChI=1S/C8H12N6O2.Na.H/c15-11-14(16)13-6-4-12(5-7-13)8-9-2-1-3-10-8;;/h1-3,15H,4-7H2;;/q;+1;-1. The van der Waals surface area contributed by atoms with Gasteiger partial charge in [-0.15, -0.1) is 5.01 Å². The van der Waals surface area contributed by atoms with Gasteiger partial charge in [0, 0.05) is 25.5 Å². The fourth-order valence-electron chi connectivity index (χ4n) is 1.58. The number of hydrogen-bond donors (Lipinski definition) is 1. The van der Waals surface area contributed by atoms with Crippen molar-refractivity contribution in [3.05, 3.63) is 23.7 Å². The molecule has 1 fully saturated rings. The fourth-order valence-corrected chi connectivity index (χ4v) is 1.58. The molecule has 17 heavy (non-hydrogen) atoms. The van der Waals surface area contributed by atoms with Crippen molar-refractivity contribution >= 4 is 5.95 Å². The van der Waals surface area contributed by atoms with Gasteiger partial charge in [-0.2, -0.15) is 0 Å². The van der Waals surface area contributed by atoms with Crippen LogP contribution in [0.3, 0.4) is 0 Å². The van der Waals surface area contributed by atoms with Crippen LogP contribution in [-0.4, -0.2) is 51.3 Å². The predicted octanol–water partition coefficient (Wildman–Crippen LogP) is -3.02. The monoisotopic (exact) mass is 248 g/mol. The second kappa shape index (κ2) is 6.58. The van der Waals surface area contributed by atoms with Gasteiger partial charge in [-0.3, -0.25) is 0 Å². The third kappa shape index (κ3) is 3.42. The van der Waals surface area contributed by atoms with Crippen molar-refractivity contribution in [2.75, 3.05) is 31.1 Å². The molecule has 0 bridgehead atoms. The van der Waals surface area contributed by atoms with Crippen LogP contribution in [-0.2, 0) is 0 Å². The molecule has 88 valence electrons. The van der Waals surface area contributed by atoms with Gasteiger partial charge in [-0.25, -0.2) is 9.97 Å². The minimum atomic E-state index is 0. The summed E-state index contributed by atoms with van der Waals surface area (Å²) in [6.45, 7) is 2.20. The van der Waals surface area contributed by atoms with Crippen LogP contribution in [0.1, 0.15) is 1.43 Å². The molecule has 0 amide bonds. The Hall–Kier alpha value is -1.12. The molecule has 0 aliphatic carbocycles. The molecule has 0 unspecified atom stereocenters. The molecular weight excluding hydrogens is 235 g/mol. The van der Waals surface area contributed by atoms with Gasteiger partial charge >= 0.3 is 29.6 Å². The molecule has 9 heteroatoms. The molecule has 0 atom stereocenters. The summed E-state index contributed by atoms with van der Waals surface area (Å²) in [5, 5.41) is 23.3. The molecule has 1 aliphatic heterocycles. The zero-order chi connectivity index (χ0) is 11.4. The van der Waals surface area contributed by atoms with E-state index in [0.29, 0.717) is 32.1 Å². The van der Waals surface area contributed by atoms with E-state index in [2.05, 4.69) is 15.2 Å². The molecule has 0 radical (unpaired) electrons. The van der Waals surface area contributed by atoms with Gasteiger partial charge in [0.2, 0.25) is 11.2 Å². The van der Waals surface area contributed by atoms with Crippen LogP contribution in [0.15, 0.2) is 23.7 Å². The Balaban J connectivity index is 0.00000144. The van der Waals surface area contributed by atoms with Crippen molar-refractivity contribution in [3.63, 3.8) is 0 Å². The Morgan fingerprint density at radius 2 is 1.88 bits per heavy atom. The number of nitrogens with zero attached hydrogens (tertiary/aromatic N) is 6. The van der Waals surface area contributed by atoms with Gasteiger partial charge in [0.05, 0.1) is 18.1 Å². The quantitative estimate of drug-likeness (QED) is 0.259. The summed E-state index contributed by atoms with van der Waals surface area (Å²) in [6, 6.07) is 1.75. The molecule has 0 spiro atoms. The van der Waals surface area contributed by atoms with Crippen LogP contribution in [0.4, 0.5) is 5.95 Å². The van der Waals surface area contributed by atoms with E-state index in [9.17, 15) is 5.21 Å². The van der Waals surface area contributed by atoms with Crippen LogP contribution >= 0.6 is 0 Å². The Bertz CT molecular complexity index is 373. The Morgan fingerprint density at radius 1 is 1.29 bits per heavy atom. The van der Waals surface area contributed by atoms with E-state index in [0.717, 1.165) is 0 Å². The van der Waals surface area contributed by atoms with Gasteiger partial charge < -0.3 is 16.7 Å². The molecule has 1 saturated heterocycles. The van der Waals surface area contributed by atoms with Crippen LogP contribution in [0.25, 0.3) is 0 Å². The minimum Gasteiger partial charge on any atom is -1.00 e. The predicted molar refractivity (Wildman–Crippen MR) is 54.8 cm³/mol. The largest absolute Gasteiger partial charge is 1.00 e. The summed E-state index contributed by atoms with van der Waals surface area (Å²) >= 11 is 0. The zero-order valence-electron chi connectivity index (χ0n) is 10.6. The minimum absolute atomic E-state index is 0. The molecule has 8 nitrogen and oxygen atoms in total. The second-order valence-corrected chi connectivity index (χ2v) is 3.33. The van der Waals surface area contributed by atoms with Crippen molar-refractivity contribution in [1.82, 2.24) is 15.0 Å². The first-order valence-corrected chi connectivity index (χ1v) is 4.90. The molecule has 1 aromatic heterocycles. The van der Waals surface area contributed by atoms with Crippen LogP contribution in [0, 0.1) is 5.21 Å². The number of piperazine rings is 1. The second-order valence-electron chi connectivity index (χ2n) is 3.33. The van der Waals surface area contributed by atoms with E-state index in [1.54, 1.807) is 18.5 Å². The van der Waals surface area contributed by atoms with Gasteiger partial charge in [0.1, 0.15) is 0 Å². The molecule has 0 saturated carbocycles. The van der Waals surface area contributed by atoms with E-state index >= 15 is 0 Å². The number of aromatic nitrogens is 2. The van der Waals surface area contributed by atoms with Crippen molar-refractivity contribution in [2.24, 2.45) is 5.28 Å². The van der Waals surface area contributed by atoms with E-state index in [1.807, 2.05) is 4.90 Å². The molecular formula is C8H13N6NaO2. The Labute approximate surface area is 122 Å². The van der Waals surface area contributed by atoms with Crippen LogP contribution < -0.4 is 34.5 Å². The number of rotatable bonds is 2. The van der Waals surface area contributed by atoms with Crippen molar-refractivity contribution < 1.29 is 41.2 Å². The first-order chi connectivity index (χ1) is 7.81. The molecule has 1 N–H and O–H groups in total. The van der Waals surface area contributed by atoms with E-state index in [4.69, 9.17) is 5.21 Å². The first-order valence-electron chi connectivity index (χ1n) is 4.90. The van der Waals surface area contributed by atoms with Crippen molar-refractivity contribution in [3.8, 4) is 0 Å². The average Bonchev–Trinajstić information content (AvgIpc) is 2.39. The molecule has 2 heterocycles. The molecule has 2 rings (SSSR count). The Morgan fingerprint density at radius 3 is 2.41 bits per heavy atom. The zero-order valence-corrected chi connectivity index (χ0v) is 11.6. The van der Waals surface area contributed by atoms with Gasteiger partial charge in [0.25, 0.3) is 0 Å². The average molecular weight is 248 g/mol. The van der Waals surface area contributed by atoms with E-state index in [-0.39, 0.29) is 36.0 Å². The summed E-state index contributed by atoms with van der Waals surface area (Å²) in [7, 11) is 0. The maximum absolute atomic E-state index is 11.0. The van der Waals surface area contributed by atoms with Gasteiger partial charge in [0.15, 0.2) is 0 Å². The fraction of sp³-hybridized carbons (Fsp3) is 0.500. The summed E-state index contributed by atoms with van der Waals surface area (Å²) in [5.74, 6) is 0.653. The number of hydrogen-bond acceptors (Lipinski definition) is 5. The molecule has 1 aliphatic rings. The summed E-state index contributed by atoms with van der Waals surface area (Å²) in [5.41, 5.74) is 0. The third-order valence-corrected chi connectivity index (χ3v) is 2.41.